The van der Waals surface area contributed by atoms with Crippen LogP contribution >= 0.6 is 0 Å². The summed E-state index contributed by atoms with van der Waals surface area (Å²) in [5.41, 5.74) is 6.93. The molecule has 0 aliphatic carbocycles. The minimum atomic E-state index is 0.283. The predicted molar refractivity (Wildman–Crippen MR) is 77.6 cm³/mol. The highest BCUT2D eigenvalue weighted by atomic mass is 16.5. The fourth-order valence-electron chi connectivity index (χ4n) is 2.18. The molecule has 0 bridgehead atoms. The number of benzene rings is 1. The van der Waals surface area contributed by atoms with Gasteiger partial charge in [-0.05, 0) is 38.3 Å². The molecular weight excluding hydrogens is 238 g/mol. The van der Waals surface area contributed by atoms with Crippen LogP contribution < -0.4 is 15.2 Å². The minimum Gasteiger partial charge on any atom is -0.493 e. The van der Waals surface area contributed by atoms with Crippen LogP contribution in [0.4, 0.5) is 0 Å². The van der Waals surface area contributed by atoms with Gasteiger partial charge < -0.3 is 15.2 Å². The Hall–Kier alpha value is -1.48. The summed E-state index contributed by atoms with van der Waals surface area (Å²) in [4.78, 5) is 0. The molecule has 104 valence electrons. The van der Waals surface area contributed by atoms with E-state index in [1.165, 1.54) is 5.56 Å². The number of unbranched alkanes of at least 4 members (excludes halogenated alkanes) is 1. The van der Waals surface area contributed by atoms with E-state index in [2.05, 4.69) is 19.1 Å². The second-order valence-corrected chi connectivity index (χ2v) is 5.26. The van der Waals surface area contributed by atoms with E-state index in [1.807, 2.05) is 19.1 Å². The van der Waals surface area contributed by atoms with Crippen molar-refractivity contribution in [1.29, 1.82) is 0 Å². The van der Waals surface area contributed by atoms with Gasteiger partial charge in [-0.15, -0.1) is 0 Å². The second-order valence-electron chi connectivity index (χ2n) is 5.26. The van der Waals surface area contributed by atoms with Crippen molar-refractivity contribution >= 4 is 0 Å². The average molecular weight is 261 g/mol. The molecule has 1 unspecified atom stereocenters. The predicted octanol–water partition coefficient (Wildman–Crippen LogP) is 3.59. The first kappa shape index (κ1) is 13.9. The Morgan fingerprint density at radius 1 is 1.37 bits per heavy atom. The van der Waals surface area contributed by atoms with Crippen molar-refractivity contribution in [2.75, 3.05) is 6.61 Å². The minimum absolute atomic E-state index is 0.283. The zero-order chi connectivity index (χ0) is 13.7. The average Bonchev–Trinajstić information content (AvgIpc) is 2.38. The Morgan fingerprint density at radius 3 is 3.00 bits per heavy atom. The molecule has 3 nitrogen and oxygen atoms in total. The molecule has 0 spiro atoms. The van der Waals surface area contributed by atoms with Crippen molar-refractivity contribution in [2.24, 2.45) is 5.73 Å². The van der Waals surface area contributed by atoms with E-state index in [4.69, 9.17) is 15.2 Å². The van der Waals surface area contributed by atoms with Crippen LogP contribution in [0.5, 0.6) is 11.5 Å². The summed E-state index contributed by atoms with van der Waals surface area (Å²) in [6.45, 7) is 4.93. The van der Waals surface area contributed by atoms with Crippen molar-refractivity contribution in [3.05, 3.63) is 36.1 Å². The lowest BCUT2D eigenvalue weighted by Crippen LogP contribution is -2.14. The molecule has 0 aromatic heterocycles. The molecule has 19 heavy (non-hydrogen) atoms. The molecule has 2 atom stereocenters. The summed E-state index contributed by atoms with van der Waals surface area (Å²) >= 11 is 0. The van der Waals surface area contributed by atoms with Crippen LogP contribution in [-0.4, -0.2) is 12.6 Å². The smallest absolute Gasteiger partial charge is 0.133 e. The highest BCUT2D eigenvalue weighted by molar-refractivity contribution is 5.45. The van der Waals surface area contributed by atoms with Crippen LogP contribution in [0.15, 0.2) is 30.5 Å². The highest BCUT2D eigenvalue weighted by Gasteiger charge is 2.14. The molecule has 1 aromatic rings. The third-order valence-electron chi connectivity index (χ3n) is 3.36. The lowest BCUT2D eigenvalue weighted by Gasteiger charge is -2.18. The number of rotatable bonds is 6. The van der Waals surface area contributed by atoms with E-state index >= 15 is 0 Å². The van der Waals surface area contributed by atoms with Crippen molar-refractivity contribution in [3.63, 3.8) is 0 Å². The van der Waals surface area contributed by atoms with E-state index in [9.17, 15) is 0 Å². The summed E-state index contributed by atoms with van der Waals surface area (Å²) in [6, 6.07) is 6.36. The molecule has 1 aliphatic rings. The third-order valence-corrected chi connectivity index (χ3v) is 3.36. The SMILES string of the molecule is CC(N)CCCCOc1ccc2c(c1)OC=C[C@@H]2C. The number of ether oxygens (including phenoxy) is 2. The van der Waals surface area contributed by atoms with Crippen LogP contribution in [0, 0.1) is 0 Å². The molecule has 0 amide bonds. The van der Waals surface area contributed by atoms with Crippen LogP contribution in [-0.2, 0) is 0 Å². The molecule has 0 fully saturated rings. The lowest BCUT2D eigenvalue weighted by molar-refractivity contribution is 0.302. The van der Waals surface area contributed by atoms with Crippen molar-refractivity contribution in [3.8, 4) is 11.5 Å². The molecule has 3 heteroatoms. The summed E-state index contributed by atoms with van der Waals surface area (Å²) < 4.78 is 11.3. The van der Waals surface area contributed by atoms with Crippen LogP contribution in [0.25, 0.3) is 0 Å². The summed E-state index contributed by atoms with van der Waals surface area (Å²) in [7, 11) is 0. The van der Waals surface area contributed by atoms with Gasteiger partial charge in [0.05, 0.1) is 12.9 Å². The fourth-order valence-corrected chi connectivity index (χ4v) is 2.18. The first-order valence-corrected chi connectivity index (χ1v) is 7.02. The van der Waals surface area contributed by atoms with Crippen LogP contribution in [0.3, 0.4) is 0 Å². The maximum atomic E-state index is 5.74. The van der Waals surface area contributed by atoms with Gasteiger partial charge in [-0.1, -0.05) is 13.0 Å². The molecule has 0 radical (unpaired) electrons. The first-order valence-electron chi connectivity index (χ1n) is 7.02. The number of nitrogens with two attached hydrogens (primary N) is 1. The molecular formula is C16H23NO2. The number of allylic oxidation sites excluding steroid dienone is 1. The monoisotopic (exact) mass is 261 g/mol. The van der Waals surface area contributed by atoms with Gasteiger partial charge in [0.2, 0.25) is 0 Å². The molecule has 0 saturated heterocycles. The van der Waals surface area contributed by atoms with Gasteiger partial charge in [0, 0.05) is 23.6 Å². The molecule has 1 aromatic carbocycles. The fraction of sp³-hybridized carbons (Fsp3) is 0.500. The Morgan fingerprint density at radius 2 is 2.21 bits per heavy atom. The zero-order valence-corrected chi connectivity index (χ0v) is 11.8. The topological polar surface area (TPSA) is 44.5 Å². The van der Waals surface area contributed by atoms with E-state index in [0.29, 0.717) is 5.92 Å². The van der Waals surface area contributed by atoms with Crippen molar-refractivity contribution < 1.29 is 9.47 Å². The number of hydrogen-bond acceptors (Lipinski definition) is 3. The Balaban J connectivity index is 1.82. The van der Waals surface area contributed by atoms with E-state index in [0.717, 1.165) is 37.4 Å². The van der Waals surface area contributed by atoms with Crippen molar-refractivity contribution in [1.82, 2.24) is 0 Å². The zero-order valence-electron chi connectivity index (χ0n) is 11.8. The highest BCUT2D eigenvalue weighted by Crippen LogP contribution is 2.34. The van der Waals surface area contributed by atoms with Crippen molar-refractivity contribution in [2.45, 2.75) is 45.1 Å². The summed E-state index contributed by atoms with van der Waals surface area (Å²) in [5, 5.41) is 0. The number of fused-ring (bicyclic) bond motifs is 1. The van der Waals surface area contributed by atoms with Gasteiger partial charge in [-0.25, -0.2) is 0 Å². The first-order chi connectivity index (χ1) is 9.16. The molecule has 2 N–H and O–H groups in total. The third kappa shape index (κ3) is 4.00. The Labute approximate surface area is 115 Å². The maximum absolute atomic E-state index is 5.74. The van der Waals surface area contributed by atoms with Gasteiger partial charge >= 0.3 is 0 Å². The molecule has 0 saturated carbocycles. The van der Waals surface area contributed by atoms with Gasteiger partial charge in [0.1, 0.15) is 11.5 Å². The lowest BCUT2D eigenvalue weighted by atomic mass is 9.99. The normalized spacial score (nSPS) is 18.6. The van der Waals surface area contributed by atoms with Gasteiger partial charge in [0.25, 0.3) is 0 Å². The molecule has 1 heterocycles. The van der Waals surface area contributed by atoms with Gasteiger partial charge in [-0.2, -0.15) is 0 Å². The second kappa shape index (κ2) is 6.62. The summed E-state index contributed by atoms with van der Waals surface area (Å²) in [5.74, 6) is 2.19. The Bertz CT molecular complexity index is 440. The van der Waals surface area contributed by atoms with E-state index < -0.39 is 0 Å². The van der Waals surface area contributed by atoms with Gasteiger partial charge in [0.15, 0.2) is 0 Å². The Kier molecular flexibility index (Phi) is 4.86. The molecule has 1 aliphatic heterocycles. The number of hydrogen-bond donors (Lipinski definition) is 1. The molecule has 2 rings (SSSR count). The van der Waals surface area contributed by atoms with Gasteiger partial charge in [-0.3, -0.25) is 0 Å². The van der Waals surface area contributed by atoms with Crippen LogP contribution in [0.2, 0.25) is 0 Å². The summed E-state index contributed by atoms with van der Waals surface area (Å²) in [6.07, 6.45) is 7.00. The van der Waals surface area contributed by atoms with E-state index in [-0.39, 0.29) is 6.04 Å². The standard InChI is InChI=1S/C16H23NO2/c1-12-8-10-19-16-11-14(6-7-15(12)16)18-9-4-3-5-13(2)17/h6-8,10-13H,3-5,9,17H2,1-2H3/t12-,13?/m0/s1. The largest absolute Gasteiger partial charge is 0.493 e. The quantitative estimate of drug-likeness (QED) is 0.796. The van der Waals surface area contributed by atoms with Crippen LogP contribution in [0.1, 0.15) is 44.6 Å². The maximum Gasteiger partial charge on any atom is 0.133 e. The van der Waals surface area contributed by atoms with E-state index in [1.54, 1.807) is 6.26 Å².